The second kappa shape index (κ2) is 9.93. The summed E-state index contributed by atoms with van der Waals surface area (Å²) >= 11 is 0. The fourth-order valence-electron chi connectivity index (χ4n) is 2.40. The first-order chi connectivity index (χ1) is 11.6. The number of hydrogen-bond donors (Lipinski definition) is 0. The Morgan fingerprint density at radius 3 is 2.58 bits per heavy atom. The maximum absolute atomic E-state index is 11.6. The molecule has 0 bridgehead atoms. The molecule has 1 heterocycles. The van der Waals surface area contributed by atoms with Gasteiger partial charge in [-0.05, 0) is 31.9 Å². The summed E-state index contributed by atoms with van der Waals surface area (Å²) in [5.74, 6) is 0.0353. The van der Waals surface area contributed by atoms with Crippen LogP contribution in [-0.2, 0) is 23.8 Å². The van der Waals surface area contributed by atoms with Crippen LogP contribution in [0.5, 0.6) is 5.75 Å². The Kier molecular flexibility index (Phi) is 7.55. The van der Waals surface area contributed by atoms with Crippen LogP contribution < -0.4 is 4.74 Å². The molecule has 0 N–H and O–H groups in total. The zero-order valence-electron chi connectivity index (χ0n) is 13.9. The maximum Gasteiger partial charge on any atom is 0.306 e. The van der Waals surface area contributed by atoms with E-state index in [1.807, 2.05) is 37.3 Å². The highest BCUT2D eigenvalue weighted by molar-refractivity contribution is 5.77. The molecule has 2 unspecified atom stereocenters. The highest BCUT2D eigenvalue weighted by Crippen LogP contribution is 2.18. The van der Waals surface area contributed by atoms with Gasteiger partial charge in [-0.15, -0.1) is 0 Å². The molecule has 2 rings (SSSR count). The van der Waals surface area contributed by atoms with Crippen molar-refractivity contribution in [2.45, 2.75) is 38.7 Å². The van der Waals surface area contributed by atoms with Gasteiger partial charge in [0.2, 0.25) is 0 Å². The van der Waals surface area contributed by atoms with E-state index >= 15 is 0 Å². The lowest BCUT2D eigenvalue weighted by Gasteiger charge is -2.23. The number of carbonyl (C=O) groups is 2. The van der Waals surface area contributed by atoms with E-state index in [1.165, 1.54) is 0 Å². The second-order valence-corrected chi connectivity index (χ2v) is 5.75. The van der Waals surface area contributed by atoms with Crippen LogP contribution >= 0.6 is 0 Å². The molecule has 132 valence electrons. The number of hydrogen-bond acceptors (Lipinski definition) is 6. The molecule has 6 nitrogen and oxygen atoms in total. The molecule has 6 heteroatoms. The Balaban J connectivity index is 1.80. The molecule has 1 saturated heterocycles. The Morgan fingerprint density at radius 2 is 1.83 bits per heavy atom. The van der Waals surface area contributed by atoms with Crippen molar-refractivity contribution in [1.29, 1.82) is 0 Å². The highest BCUT2D eigenvalue weighted by Gasteiger charge is 2.22. The summed E-state index contributed by atoms with van der Waals surface area (Å²) in [6, 6.07) is 9.42. The van der Waals surface area contributed by atoms with Gasteiger partial charge < -0.3 is 18.9 Å². The minimum Gasteiger partial charge on any atom is -0.468 e. The number of rotatable bonds is 5. The SMILES string of the molecule is CC(OCOc1ccccc1)C1CCCOC(=O)CCC(=O)OC1. The van der Waals surface area contributed by atoms with Crippen LogP contribution in [0.15, 0.2) is 30.3 Å². The van der Waals surface area contributed by atoms with E-state index in [-0.39, 0.29) is 50.2 Å². The lowest BCUT2D eigenvalue weighted by Crippen LogP contribution is -2.28. The van der Waals surface area contributed by atoms with Gasteiger partial charge in [0, 0.05) is 5.92 Å². The summed E-state index contributed by atoms with van der Waals surface area (Å²) in [5.41, 5.74) is 0. The van der Waals surface area contributed by atoms with Crippen LogP contribution in [0.2, 0.25) is 0 Å². The van der Waals surface area contributed by atoms with E-state index in [0.29, 0.717) is 13.0 Å². The predicted octanol–water partition coefficient (Wildman–Crippen LogP) is 2.70. The van der Waals surface area contributed by atoms with Gasteiger partial charge >= 0.3 is 11.9 Å². The van der Waals surface area contributed by atoms with E-state index in [2.05, 4.69) is 0 Å². The Hall–Kier alpha value is -2.08. The predicted molar refractivity (Wildman–Crippen MR) is 86.4 cm³/mol. The molecule has 0 radical (unpaired) electrons. The molecule has 0 aliphatic carbocycles. The van der Waals surface area contributed by atoms with E-state index in [1.54, 1.807) is 0 Å². The van der Waals surface area contributed by atoms with Crippen molar-refractivity contribution in [2.24, 2.45) is 5.92 Å². The van der Waals surface area contributed by atoms with Gasteiger partial charge in [0.05, 0.1) is 32.2 Å². The van der Waals surface area contributed by atoms with E-state index in [0.717, 1.165) is 12.2 Å². The molecule has 1 aliphatic heterocycles. The Morgan fingerprint density at radius 1 is 1.12 bits per heavy atom. The number of para-hydroxylation sites is 1. The minimum absolute atomic E-state index is 0.0325. The fourth-order valence-corrected chi connectivity index (χ4v) is 2.40. The van der Waals surface area contributed by atoms with Gasteiger partial charge in [-0.2, -0.15) is 0 Å². The van der Waals surface area contributed by atoms with Crippen LogP contribution in [0.4, 0.5) is 0 Å². The lowest BCUT2D eigenvalue weighted by molar-refractivity contribution is -0.151. The smallest absolute Gasteiger partial charge is 0.306 e. The topological polar surface area (TPSA) is 71.1 Å². The van der Waals surface area contributed by atoms with Crippen molar-refractivity contribution in [3.8, 4) is 5.75 Å². The average molecular weight is 336 g/mol. The fraction of sp³-hybridized carbons (Fsp3) is 0.556. The third-order valence-corrected chi connectivity index (χ3v) is 3.94. The number of cyclic esters (lactones) is 2. The van der Waals surface area contributed by atoms with Crippen LogP contribution in [-0.4, -0.2) is 38.0 Å². The first-order valence-electron chi connectivity index (χ1n) is 8.26. The van der Waals surface area contributed by atoms with Crippen molar-refractivity contribution in [2.75, 3.05) is 20.0 Å². The molecular weight excluding hydrogens is 312 g/mol. The highest BCUT2D eigenvalue weighted by atomic mass is 16.7. The second-order valence-electron chi connectivity index (χ2n) is 5.75. The molecule has 1 fully saturated rings. The van der Waals surface area contributed by atoms with Gasteiger partial charge in [0.25, 0.3) is 0 Å². The molecule has 0 amide bonds. The van der Waals surface area contributed by atoms with E-state index < -0.39 is 0 Å². The van der Waals surface area contributed by atoms with Crippen LogP contribution in [0.3, 0.4) is 0 Å². The number of ether oxygens (including phenoxy) is 4. The average Bonchev–Trinajstić information content (AvgIpc) is 2.63. The van der Waals surface area contributed by atoms with Crippen LogP contribution in [0.1, 0.15) is 32.6 Å². The number of esters is 2. The lowest BCUT2D eigenvalue weighted by atomic mass is 9.99. The van der Waals surface area contributed by atoms with E-state index in [9.17, 15) is 9.59 Å². The zero-order valence-corrected chi connectivity index (χ0v) is 13.9. The standard InChI is InChI=1S/C18H24O6/c1-14(23-13-24-16-7-3-2-4-8-16)15-6-5-11-21-17(19)9-10-18(20)22-12-15/h2-4,7-8,14-15H,5-6,9-13H2,1H3. The summed E-state index contributed by atoms with van der Waals surface area (Å²) in [5, 5.41) is 0. The van der Waals surface area contributed by atoms with Gasteiger partial charge in [-0.3, -0.25) is 9.59 Å². The molecular formula is C18H24O6. The third-order valence-electron chi connectivity index (χ3n) is 3.94. The monoisotopic (exact) mass is 336 g/mol. The molecule has 1 aliphatic rings. The Bertz CT molecular complexity index is 516. The summed E-state index contributed by atoms with van der Waals surface area (Å²) in [6.07, 6.45) is 1.44. The minimum atomic E-state index is -0.383. The summed E-state index contributed by atoms with van der Waals surface area (Å²) < 4.78 is 21.6. The summed E-state index contributed by atoms with van der Waals surface area (Å²) in [7, 11) is 0. The third kappa shape index (κ3) is 6.58. The largest absolute Gasteiger partial charge is 0.468 e. The molecule has 0 saturated carbocycles. The molecule has 0 spiro atoms. The molecule has 1 aromatic carbocycles. The van der Waals surface area contributed by atoms with Crippen LogP contribution in [0.25, 0.3) is 0 Å². The molecule has 0 aromatic heterocycles. The number of benzene rings is 1. The van der Waals surface area contributed by atoms with E-state index in [4.69, 9.17) is 18.9 Å². The van der Waals surface area contributed by atoms with Crippen molar-refractivity contribution in [1.82, 2.24) is 0 Å². The van der Waals surface area contributed by atoms with Crippen molar-refractivity contribution in [3.05, 3.63) is 30.3 Å². The van der Waals surface area contributed by atoms with Gasteiger partial charge in [0.1, 0.15) is 5.75 Å². The van der Waals surface area contributed by atoms with Gasteiger partial charge in [-0.1, -0.05) is 18.2 Å². The molecule has 1 aromatic rings. The summed E-state index contributed by atoms with van der Waals surface area (Å²) in [6.45, 7) is 2.69. The summed E-state index contributed by atoms with van der Waals surface area (Å²) in [4.78, 5) is 23.0. The molecule has 2 atom stereocenters. The van der Waals surface area contributed by atoms with Crippen molar-refractivity contribution < 1.29 is 28.5 Å². The quantitative estimate of drug-likeness (QED) is 0.608. The zero-order chi connectivity index (χ0) is 17.2. The molecule has 24 heavy (non-hydrogen) atoms. The maximum atomic E-state index is 11.6. The Labute approximate surface area is 142 Å². The van der Waals surface area contributed by atoms with Crippen LogP contribution in [0, 0.1) is 5.92 Å². The van der Waals surface area contributed by atoms with Gasteiger partial charge in [-0.25, -0.2) is 0 Å². The van der Waals surface area contributed by atoms with Crippen molar-refractivity contribution in [3.63, 3.8) is 0 Å². The first-order valence-corrected chi connectivity index (χ1v) is 8.26. The first kappa shape index (κ1) is 18.3. The number of carbonyl (C=O) groups excluding carboxylic acids is 2. The normalized spacial score (nSPS) is 21.1. The van der Waals surface area contributed by atoms with Crippen molar-refractivity contribution >= 4 is 11.9 Å². The van der Waals surface area contributed by atoms with Gasteiger partial charge in [0.15, 0.2) is 6.79 Å².